The molecule has 2 fully saturated rings. The minimum Gasteiger partial charge on any atom is -0.486 e. The third kappa shape index (κ3) is 4.21. The second-order valence-electron chi connectivity index (χ2n) is 8.12. The number of ether oxygens (including phenoxy) is 2. The van der Waals surface area contributed by atoms with E-state index in [9.17, 15) is 13.2 Å². The fourth-order valence-electron chi connectivity index (χ4n) is 4.76. The number of nitrogens with one attached hydrogen (secondary N) is 1. The standard InChI is InChI=1S/C20H28N2O5S/c1-28(24,25)22(16-6-7-18-19(13-16)27-10-9-26-18)8-2-3-20(23)21-17-12-14-4-5-15(17)11-14/h6-7,13-15,17H,2-5,8-12H2,1H3,(H,21,23)/t14-,15-,17-/m0/s1. The maximum atomic E-state index is 12.3. The average Bonchev–Trinajstić information content (AvgIpc) is 3.27. The third-order valence-electron chi connectivity index (χ3n) is 6.06. The second kappa shape index (κ2) is 7.81. The first kappa shape index (κ1) is 19.4. The van der Waals surface area contributed by atoms with E-state index in [2.05, 4.69) is 5.32 Å². The molecule has 0 radical (unpaired) electrons. The molecule has 28 heavy (non-hydrogen) atoms. The van der Waals surface area contributed by atoms with E-state index in [1.165, 1.54) is 29.8 Å². The zero-order valence-corrected chi connectivity index (χ0v) is 17.0. The van der Waals surface area contributed by atoms with Crippen molar-refractivity contribution in [1.29, 1.82) is 0 Å². The van der Waals surface area contributed by atoms with Crippen molar-refractivity contribution in [2.24, 2.45) is 11.8 Å². The van der Waals surface area contributed by atoms with Gasteiger partial charge in [-0.2, -0.15) is 0 Å². The van der Waals surface area contributed by atoms with Crippen LogP contribution in [0.25, 0.3) is 0 Å². The van der Waals surface area contributed by atoms with Crippen molar-refractivity contribution in [2.45, 2.75) is 44.6 Å². The zero-order valence-electron chi connectivity index (χ0n) is 16.2. The van der Waals surface area contributed by atoms with Gasteiger partial charge in [-0.1, -0.05) is 6.42 Å². The van der Waals surface area contributed by atoms with Crippen molar-refractivity contribution in [3.8, 4) is 11.5 Å². The van der Waals surface area contributed by atoms with E-state index < -0.39 is 10.0 Å². The van der Waals surface area contributed by atoms with Gasteiger partial charge in [-0.05, 0) is 49.7 Å². The summed E-state index contributed by atoms with van der Waals surface area (Å²) in [4.78, 5) is 12.3. The van der Waals surface area contributed by atoms with Crippen LogP contribution in [0.3, 0.4) is 0 Å². The zero-order chi connectivity index (χ0) is 19.7. The van der Waals surface area contributed by atoms with E-state index in [1.807, 2.05) is 0 Å². The summed E-state index contributed by atoms with van der Waals surface area (Å²) in [6.45, 7) is 1.18. The van der Waals surface area contributed by atoms with Gasteiger partial charge < -0.3 is 14.8 Å². The average molecular weight is 409 g/mol. The van der Waals surface area contributed by atoms with E-state index in [0.717, 1.165) is 12.3 Å². The quantitative estimate of drug-likeness (QED) is 0.748. The molecule has 0 spiro atoms. The lowest BCUT2D eigenvalue weighted by molar-refractivity contribution is -0.122. The smallest absolute Gasteiger partial charge is 0.232 e. The highest BCUT2D eigenvalue weighted by Gasteiger charge is 2.39. The Bertz CT molecular complexity index is 841. The SMILES string of the molecule is CS(=O)(=O)N(CCCC(=O)N[C@H]1C[C@H]2CC[C@H]1C2)c1ccc2c(c1)OCCO2. The number of carbonyl (C=O) groups is 1. The highest BCUT2D eigenvalue weighted by Crippen LogP contribution is 2.44. The van der Waals surface area contributed by atoms with E-state index in [0.29, 0.717) is 55.2 Å². The lowest BCUT2D eigenvalue weighted by Crippen LogP contribution is -2.39. The number of amides is 1. The number of rotatable bonds is 7. The lowest BCUT2D eigenvalue weighted by atomic mass is 9.95. The Balaban J connectivity index is 1.34. The van der Waals surface area contributed by atoms with Gasteiger partial charge in [0.15, 0.2) is 11.5 Å². The highest BCUT2D eigenvalue weighted by molar-refractivity contribution is 7.92. The van der Waals surface area contributed by atoms with Gasteiger partial charge in [0, 0.05) is 25.1 Å². The monoisotopic (exact) mass is 408 g/mol. The van der Waals surface area contributed by atoms with E-state index >= 15 is 0 Å². The molecule has 8 heteroatoms. The van der Waals surface area contributed by atoms with Crippen LogP contribution in [0.4, 0.5) is 5.69 Å². The molecule has 1 aliphatic heterocycles. The number of anilines is 1. The Morgan fingerprint density at radius 3 is 2.64 bits per heavy atom. The molecule has 3 atom stereocenters. The van der Waals surface area contributed by atoms with Crippen LogP contribution in [0.5, 0.6) is 11.5 Å². The first-order valence-corrected chi connectivity index (χ1v) is 11.9. The van der Waals surface area contributed by atoms with Crippen LogP contribution in [0.2, 0.25) is 0 Å². The summed E-state index contributed by atoms with van der Waals surface area (Å²) in [7, 11) is -3.47. The summed E-state index contributed by atoms with van der Waals surface area (Å²) in [5.74, 6) is 2.61. The van der Waals surface area contributed by atoms with Gasteiger partial charge >= 0.3 is 0 Å². The predicted octanol–water partition coefficient (Wildman–Crippen LogP) is 2.31. The van der Waals surface area contributed by atoms with Crippen LogP contribution in [0, 0.1) is 11.8 Å². The van der Waals surface area contributed by atoms with E-state index in [4.69, 9.17) is 9.47 Å². The molecule has 4 rings (SSSR count). The number of sulfonamides is 1. The van der Waals surface area contributed by atoms with Gasteiger partial charge in [-0.3, -0.25) is 9.10 Å². The largest absolute Gasteiger partial charge is 0.486 e. The fourth-order valence-corrected chi connectivity index (χ4v) is 5.71. The molecule has 7 nitrogen and oxygen atoms in total. The molecule has 0 saturated heterocycles. The molecule has 2 saturated carbocycles. The predicted molar refractivity (Wildman–Crippen MR) is 106 cm³/mol. The maximum Gasteiger partial charge on any atom is 0.232 e. The van der Waals surface area contributed by atoms with Crippen molar-refractivity contribution in [3.05, 3.63) is 18.2 Å². The molecule has 2 aliphatic carbocycles. The third-order valence-corrected chi connectivity index (χ3v) is 7.26. The second-order valence-corrected chi connectivity index (χ2v) is 10.0. The van der Waals surface area contributed by atoms with Gasteiger partial charge in [-0.15, -0.1) is 0 Å². The van der Waals surface area contributed by atoms with Gasteiger partial charge in [-0.25, -0.2) is 8.42 Å². The number of fused-ring (bicyclic) bond motifs is 3. The summed E-state index contributed by atoms with van der Waals surface area (Å²) >= 11 is 0. The Hall–Kier alpha value is -1.96. The van der Waals surface area contributed by atoms with Crippen molar-refractivity contribution in [2.75, 3.05) is 30.3 Å². The van der Waals surface area contributed by atoms with Crippen molar-refractivity contribution >= 4 is 21.6 Å². The van der Waals surface area contributed by atoms with Crippen molar-refractivity contribution < 1.29 is 22.7 Å². The van der Waals surface area contributed by atoms with Gasteiger partial charge in [0.25, 0.3) is 0 Å². The molecule has 2 bridgehead atoms. The summed E-state index contributed by atoms with van der Waals surface area (Å²) in [6.07, 6.45) is 6.84. The Labute approximate surface area is 166 Å². The summed E-state index contributed by atoms with van der Waals surface area (Å²) < 4.78 is 37.0. The number of carbonyl (C=O) groups excluding carboxylic acids is 1. The molecule has 1 aromatic rings. The summed E-state index contributed by atoms with van der Waals surface area (Å²) in [5, 5.41) is 3.16. The Kier molecular flexibility index (Phi) is 5.40. The van der Waals surface area contributed by atoms with E-state index in [1.54, 1.807) is 18.2 Å². The number of benzene rings is 1. The van der Waals surface area contributed by atoms with Gasteiger partial charge in [0.2, 0.25) is 15.9 Å². The lowest BCUT2D eigenvalue weighted by Gasteiger charge is -2.25. The molecule has 1 heterocycles. The van der Waals surface area contributed by atoms with Crippen LogP contribution in [-0.4, -0.2) is 46.4 Å². The molecule has 0 unspecified atom stereocenters. The molecular formula is C20H28N2O5S. The Morgan fingerprint density at radius 2 is 1.96 bits per heavy atom. The Morgan fingerprint density at radius 1 is 1.18 bits per heavy atom. The number of hydrogen-bond acceptors (Lipinski definition) is 5. The minimum absolute atomic E-state index is 0.0215. The van der Waals surface area contributed by atoms with Gasteiger partial charge in [0.05, 0.1) is 11.9 Å². The molecule has 1 N–H and O–H groups in total. The normalized spacial score (nSPS) is 25.5. The number of nitrogens with zero attached hydrogens (tertiary/aromatic N) is 1. The van der Waals surface area contributed by atoms with Crippen LogP contribution in [0.15, 0.2) is 18.2 Å². The van der Waals surface area contributed by atoms with Crippen molar-refractivity contribution in [1.82, 2.24) is 5.32 Å². The molecule has 0 aromatic heterocycles. The minimum atomic E-state index is -3.47. The number of hydrogen-bond donors (Lipinski definition) is 1. The topological polar surface area (TPSA) is 84.9 Å². The van der Waals surface area contributed by atoms with E-state index in [-0.39, 0.29) is 12.5 Å². The molecular weight excluding hydrogens is 380 g/mol. The van der Waals surface area contributed by atoms with Crippen LogP contribution >= 0.6 is 0 Å². The summed E-state index contributed by atoms with van der Waals surface area (Å²) in [6, 6.07) is 5.44. The van der Waals surface area contributed by atoms with Crippen LogP contribution < -0.4 is 19.1 Å². The van der Waals surface area contributed by atoms with Crippen molar-refractivity contribution in [3.63, 3.8) is 0 Å². The first-order chi connectivity index (χ1) is 13.4. The molecule has 154 valence electrons. The molecule has 1 amide bonds. The summed E-state index contributed by atoms with van der Waals surface area (Å²) in [5.41, 5.74) is 0.528. The van der Waals surface area contributed by atoms with Gasteiger partial charge in [0.1, 0.15) is 13.2 Å². The van der Waals surface area contributed by atoms with Crippen LogP contribution in [0.1, 0.15) is 38.5 Å². The maximum absolute atomic E-state index is 12.3. The fraction of sp³-hybridized carbons (Fsp3) is 0.650. The van der Waals surface area contributed by atoms with Crippen LogP contribution in [-0.2, 0) is 14.8 Å². The molecule has 3 aliphatic rings. The molecule has 1 aromatic carbocycles. The first-order valence-electron chi connectivity index (χ1n) is 10.1. The highest BCUT2D eigenvalue weighted by atomic mass is 32.2.